The van der Waals surface area contributed by atoms with Gasteiger partial charge in [0.25, 0.3) is 0 Å². The number of ether oxygens (including phenoxy) is 3. The Morgan fingerprint density at radius 2 is 1.75 bits per heavy atom. The van der Waals surface area contributed by atoms with Crippen molar-refractivity contribution in [2.24, 2.45) is 0 Å². The summed E-state index contributed by atoms with van der Waals surface area (Å²) < 4.78 is 21.6. The lowest BCUT2D eigenvalue weighted by Gasteiger charge is -2.30. The summed E-state index contributed by atoms with van der Waals surface area (Å²) in [5, 5.41) is 4.03. The lowest BCUT2D eigenvalue weighted by molar-refractivity contribution is 0.284. The Kier molecular flexibility index (Phi) is 5.32. The third kappa shape index (κ3) is 4.03. The van der Waals surface area contributed by atoms with Crippen molar-refractivity contribution in [1.82, 2.24) is 10.1 Å². The highest BCUT2D eigenvalue weighted by molar-refractivity contribution is 5.58. The topological polar surface area (TPSA) is 69.9 Å². The minimum absolute atomic E-state index is 0.254. The lowest BCUT2D eigenvalue weighted by atomic mass is 10.0. The predicted molar refractivity (Wildman–Crippen MR) is 104 cm³/mol. The minimum atomic E-state index is 0.254. The summed E-state index contributed by atoms with van der Waals surface area (Å²) in [6.07, 6.45) is 2.13. The number of nitrogens with zero attached hydrogens (tertiary/aromatic N) is 3. The number of hydrogen-bond acceptors (Lipinski definition) is 7. The molecule has 4 rings (SSSR count). The van der Waals surface area contributed by atoms with Gasteiger partial charge in [0, 0.05) is 12.2 Å². The molecule has 28 heavy (non-hydrogen) atoms. The Labute approximate surface area is 163 Å². The third-order valence-corrected chi connectivity index (χ3v) is 4.77. The van der Waals surface area contributed by atoms with E-state index < -0.39 is 0 Å². The Bertz CT molecular complexity index is 924. The number of aryl methyl sites for hydroxylation is 1. The Balaban J connectivity index is 1.38. The summed E-state index contributed by atoms with van der Waals surface area (Å²) in [6, 6.07) is 13.6. The van der Waals surface area contributed by atoms with Crippen LogP contribution in [0, 0.1) is 0 Å². The maximum atomic E-state index is 5.71. The van der Waals surface area contributed by atoms with Crippen molar-refractivity contribution in [3.8, 4) is 17.2 Å². The van der Waals surface area contributed by atoms with Gasteiger partial charge >= 0.3 is 0 Å². The molecule has 0 radical (unpaired) electrons. The van der Waals surface area contributed by atoms with Gasteiger partial charge < -0.3 is 23.6 Å². The number of rotatable bonds is 7. The standard InChI is InChI=1S/C21H23N3O4/c1-25-16-5-7-17(8-6-16)27-14-20-22-21(28-23-20)13-24-11-3-4-15-12-18(26-2)9-10-19(15)24/h5-10,12H,3-4,11,13-14H2,1-2H3. The summed E-state index contributed by atoms with van der Waals surface area (Å²) in [7, 11) is 3.32. The van der Waals surface area contributed by atoms with Gasteiger partial charge in [-0.1, -0.05) is 5.16 Å². The van der Waals surface area contributed by atoms with Gasteiger partial charge in [-0.05, 0) is 60.9 Å². The fraction of sp³-hybridized carbons (Fsp3) is 0.333. The fourth-order valence-electron chi connectivity index (χ4n) is 3.34. The van der Waals surface area contributed by atoms with Crippen LogP contribution in [0.5, 0.6) is 17.2 Å². The van der Waals surface area contributed by atoms with Crippen LogP contribution in [0.3, 0.4) is 0 Å². The predicted octanol–water partition coefficient (Wildman–Crippen LogP) is 3.62. The van der Waals surface area contributed by atoms with Gasteiger partial charge in [-0.15, -0.1) is 0 Å². The smallest absolute Gasteiger partial charge is 0.246 e. The van der Waals surface area contributed by atoms with Crippen molar-refractivity contribution in [3.63, 3.8) is 0 Å². The number of methoxy groups -OCH3 is 2. The summed E-state index contributed by atoms with van der Waals surface area (Å²) in [5.41, 5.74) is 2.48. The van der Waals surface area contributed by atoms with Crippen LogP contribution in [0.15, 0.2) is 47.0 Å². The van der Waals surface area contributed by atoms with Crippen LogP contribution in [0.4, 0.5) is 5.69 Å². The maximum Gasteiger partial charge on any atom is 0.246 e. The van der Waals surface area contributed by atoms with Gasteiger partial charge in [-0.25, -0.2) is 0 Å². The molecule has 7 heteroatoms. The van der Waals surface area contributed by atoms with Crippen LogP contribution >= 0.6 is 0 Å². The fourth-order valence-corrected chi connectivity index (χ4v) is 3.34. The highest BCUT2D eigenvalue weighted by atomic mass is 16.5. The number of benzene rings is 2. The van der Waals surface area contributed by atoms with Gasteiger partial charge in [0.1, 0.15) is 17.2 Å². The molecule has 0 spiro atoms. The van der Waals surface area contributed by atoms with Crippen molar-refractivity contribution >= 4 is 5.69 Å². The van der Waals surface area contributed by atoms with Crippen LogP contribution in [-0.2, 0) is 19.6 Å². The molecule has 3 aromatic rings. The van der Waals surface area contributed by atoms with Crippen molar-refractivity contribution in [2.45, 2.75) is 26.0 Å². The highest BCUT2D eigenvalue weighted by Crippen LogP contribution is 2.31. The first-order valence-corrected chi connectivity index (χ1v) is 9.25. The van der Waals surface area contributed by atoms with Gasteiger partial charge in [-0.2, -0.15) is 4.98 Å². The number of hydrogen-bond donors (Lipinski definition) is 0. The summed E-state index contributed by atoms with van der Waals surface area (Å²) in [4.78, 5) is 6.73. The second-order valence-electron chi connectivity index (χ2n) is 6.59. The van der Waals surface area contributed by atoms with E-state index in [1.807, 2.05) is 30.3 Å². The first-order valence-electron chi connectivity index (χ1n) is 9.25. The number of aromatic nitrogens is 2. The second kappa shape index (κ2) is 8.21. The SMILES string of the molecule is COc1ccc(OCc2noc(CN3CCCc4cc(OC)ccc43)n2)cc1. The van der Waals surface area contributed by atoms with E-state index in [9.17, 15) is 0 Å². The van der Waals surface area contributed by atoms with E-state index in [0.29, 0.717) is 18.3 Å². The lowest BCUT2D eigenvalue weighted by Crippen LogP contribution is -2.28. The molecular weight excluding hydrogens is 358 g/mol. The molecule has 7 nitrogen and oxygen atoms in total. The summed E-state index contributed by atoms with van der Waals surface area (Å²) >= 11 is 0. The molecule has 1 aliphatic rings. The van der Waals surface area contributed by atoms with E-state index in [4.69, 9.17) is 18.7 Å². The molecule has 0 N–H and O–H groups in total. The van der Waals surface area contributed by atoms with Crippen LogP contribution in [-0.4, -0.2) is 30.9 Å². The number of anilines is 1. The Hall–Kier alpha value is -3.22. The van der Waals surface area contributed by atoms with Crippen molar-refractivity contribution < 1.29 is 18.7 Å². The normalized spacial score (nSPS) is 13.1. The Morgan fingerprint density at radius 1 is 1.00 bits per heavy atom. The molecule has 0 fully saturated rings. The van der Waals surface area contributed by atoms with E-state index in [2.05, 4.69) is 27.2 Å². The molecule has 1 aliphatic heterocycles. The van der Waals surface area contributed by atoms with Gasteiger partial charge in [-0.3, -0.25) is 0 Å². The van der Waals surface area contributed by atoms with Gasteiger partial charge in [0.05, 0.1) is 20.8 Å². The van der Waals surface area contributed by atoms with Crippen molar-refractivity contribution in [2.75, 3.05) is 25.7 Å². The Morgan fingerprint density at radius 3 is 2.54 bits per heavy atom. The van der Waals surface area contributed by atoms with Crippen LogP contribution < -0.4 is 19.1 Å². The molecule has 0 unspecified atom stereocenters. The monoisotopic (exact) mass is 381 g/mol. The second-order valence-corrected chi connectivity index (χ2v) is 6.59. The molecule has 0 bridgehead atoms. The molecule has 2 heterocycles. The molecule has 0 saturated carbocycles. The third-order valence-electron chi connectivity index (χ3n) is 4.77. The van der Waals surface area contributed by atoms with E-state index in [0.717, 1.165) is 36.6 Å². The zero-order chi connectivity index (χ0) is 19.3. The summed E-state index contributed by atoms with van der Waals surface area (Å²) in [6.45, 7) is 1.79. The maximum absolute atomic E-state index is 5.71. The zero-order valence-corrected chi connectivity index (χ0v) is 16.1. The minimum Gasteiger partial charge on any atom is -0.497 e. The van der Waals surface area contributed by atoms with Crippen molar-refractivity contribution in [3.05, 3.63) is 59.7 Å². The summed E-state index contributed by atoms with van der Waals surface area (Å²) in [5.74, 6) is 3.51. The average Bonchev–Trinajstić information content (AvgIpc) is 3.19. The molecule has 0 saturated heterocycles. The van der Waals surface area contributed by atoms with Crippen molar-refractivity contribution in [1.29, 1.82) is 0 Å². The largest absolute Gasteiger partial charge is 0.497 e. The first kappa shape index (κ1) is 18.2. The van der Waals surface area contributed by atoms with E-state index in [-0.39, 0.29) is 6.61 Å². The van der Waals surface area contributed by atoms with E-state index in [1.54, 1.807) is 14.2 Å². The van der Waals surface area contributed by atoms with E-state index >= 15 is 0 Å². The molecule has 146 valence electrons. The molecule has 0 atom stereocenters. The molecule has 1 aromatic heterocycles. The van der Waals surface area contributed by atoms with Gasteiger partial charge in [0.2, 0.25) is 11.7 Å². The van der Waals surface area contributed by atoms with Crippen LogP contribution in [0.25, 0.3) is 0 Å². The zero-order valence-electron chi connectivity index (χ0n) is 16.1. The molecule has 2 aromatic carbocycles. The van der Waals surface area contributed by atoms with Crippen LogP contribution in [0.1, 0.15) is 23.7 Å². The molecule has 0 aliphatic carbocycles. The van der Waals surface area contributed by atoms with E-state index in [1.165, 1.54) is 11.3 Å². The molecule has 0 amide bonds. The molecular formula is C21H23N3O4. The van der Waals surface area contributed by atoms with Gasteiger partial charge in [0.15, 0.2) is 6.61 Å². The number of fused-ring (bicyclic) bond motifs is 1. The quantitative estimate of drug-likeness (QED) is 0.619. The average molecular weight is 381 g/mol. The van der Waals surface area contributed by atoms with Crippen LogP contribution in [0.2, 0.25) is 0 Å². The first-order chi connectivity index (χ1) is 13.7. The highest BCUT2D eigenvalue weighted by Gasteiger charge is 2.20.